The molecule has 1 heteroatoms. The van der Waals surface area contributed by atoms with Crippen molar-refractivity contribution in [3.8, 4) is 0 Å². The predicted molar refractivity (Wildman–Crippen MR) is 37.7 cm³/mol. The fourth-order valence-electron chi connectivity index (χ4n) is 0.667. The van der Waals surface area contributed by atoms with Crippen LogP contribution in [0.2, 0.25) is 0 Å². The highest BCUT2D eigenvalue weighted by molar-refractivity contribution is 4.62. The van der Waals surface area contributed by atoms with E-state index in [1.54, 1.807) is 0 Å². The Bertz CT molecular complexity index is 50.3. The fraction of sp³-hybridized carbons (Fsp3) is 1.00. The topological polar surface area (TPSA) is 26.0 Å². The minimum Gasteiger partial charge on any atom is -0.327 e. The molecule has 0 amide bonds. The molecular weight excluding hydrogens is 98.1 g/mol. The Morgan fingerprint density at radius 1 is 1.38 bits per heavy atom. The lowest BCUT2D eigenvalue weighted by Crippen LogP contribution is -2.25. The third-order valence-corrected chi connectivity index (χ3v) is 1.48. The van der Waals surface area contributed by atoms with Crippen molar-refractivity contribution in [1.29, 1.82) is 0 Å². The monoisotopic (exact) mass is 115 g/mol. The van der Waals surface area contributed by atoms with Gasteiger partial charge in [-0.05, 0) is 12.3 Å². The second-order valence-electron chi connectivity index (χ2n) is 2.70. The zero-order chi connectivity index (χ0) is 6.57. The maximum Gasteiger partial charge on any atom is 0.00617 e. The summed E-state index contributed by atoms with van der Waals surface area (Å²) in [6, 6.07) is 0.417. The summed E-state index contributed by atoms with van der Waals surface area (Å²) in [6.07, 6.45) is 2.37. The van der Waals surface area contributed by atoms with Gasteiger partial charge in [0.15, 0.2) is 0 Å². The van der Waals surface area contributed by atoms with Crippen LogP contribution in [0.1, 0.15) is 33.6 Å². The molecule has 0 aromatic carbocycles. The van der Waals surface area contributed by atoms with Gasteiger partial charge in [0, 0.05) is 6.04 Å². The van der Waals surface area contributed by atoms with E-state index in [1.165, 1.54) is 6.42 Å². The van der Waals surface area contributed by atoms with Crippen LogP contribution in [0.25, 0.3) is 0 Å². The summed E-state index contributed by atoms with van der Waals surface area (Å²) >= 11 is 0. The standard InChI is InChI=1S/C7H17N/c1-4-5-7(8)6(2)3/h6-7H,4-5,8H2,1-3H3/t7-/m1/s1. The van der Waals surface area contributed by atoms with Crippen molar-refractivity contribution in [2.75, 3.05) is 0 Å². The highest BCUT2D eigenvalue weighted by Gasteiger charge is 2.03. The minimum atomic E-state index is 0.417. The SMILES string of the molecule is CCC[C@@H](N)C(C)C. The summed E-state index contributed by atoms with van der Waals surface area (Å²) in [7, 11) is 0. The molecule has 0 aliphatic rings. The molecule has 0 heterocycles. The number of nitrogens with two attached hydrogens (primary N) is 1. The van der Waals surface area contributed by atoms with E-state index < -0.39 is 0 Å². The lowest BCUT2D eigenvalue weighted by molar-refractivity contribution is 0.460. The molecule has 0 saturated heterocycles. The first-order chi connectivity index (χ1) is 3.68. The Balaban J connectivity index is 3.17. The van der Waals surface area contributed by atoms with Gasteiger partial charge in [0.25, 0.3) is 0 Å². The third kappa shape index (κ3) is 3.03. The molecular formula is C7H17N. The van der Waals surface area contributed by atoms with Gasteiger partial charge in [-0.3, -0.25) is 0 Å². The number of hydrogen-bond donors (Lipinski definition) is 1. The van der Waals surface area contributed by atoms with Crippen LogP contribution in [0.4, 0.5) is 0 Å². The van der Waals surface area contributed by atoms with E-state index in [0.717, 1.165) is 6.42 Å². The first kappa shape index (κ1) is 7.96. The molecule has 0 unspecified atom stereocenters. The highest BCUT2D eigenvalue weighted by Crippen LogP contribution is 2.03. The number of hydrogen-bond acceptors (Lipinski definition) is 1. The first-order valence-electron chi connectivity index (χ1n) is 3.44. The summed E-state index contributed by atoms with van der Waals surface area (Å²) in [4.78, 5) is 0. The van der Waals surface area contributed by atoms with Crippen LogP contribution in [0.3, 0.4) is 0 Å². The average molecular weight is 115 g/mol. The molecule has 2 N–H and O–H groups in total. The average Bonchev–Trinajstić information content (AvgIpc) is 1.67. The molecule has 0 aromatic rings. The van der Waals surface area contributed by atoms with Gasteiger partial charge >= 0.3 is 0 Å². The molecule has 0 aliphatic heterocycles. The van der Waals surface area contributed by atoms with Gasteiger partial charge < -0.3 is 5.73 Å². The Hall–Kier alpha value is -0.0400. The predicted octanol–water partition coefficient (Wildman–Crippen LogP) is 1.77. The normalized spacial score (nSPS) is 14.6. The van der Waals surface area contributed by atoms with Crippen LogP contribution in [-0.4, -0.2) is 6.04 Å². The molecule has 0 aliphatic carbocycles. The molecule has 0 bridgehead atoms. The van der Waals surface area contributed by atoms with Crippen LogP contribution < -0.4 is 5.73 Å². The fourth-order valence-corrected chi connectivity index (χ4v) is 0.667. The van der Waals surface area contributed by atoms with Gasteiger partial charge in [-0.15, -0.1) is 0 Å². The lowest BCUT2D eigenvalue weighted by Gasteiger charge is -2.12. The minimum absolute atomic E-state index is 0.417. The molecule has 0 spiro atoms. The van der Waals surface area contributed by atoms with E-state index in [0.29, 0.717) is 12.0 Å². The van der Waals surface area contributed by atoms with Gasteiger partial charge in [0.05, 0.1) is 0 Å². The van der Waals surface area contributed by atoms with Gasteiger partial charge in [-0.2, -0.15) is 0 Å². The summed E-state index contributed by atoms with van der Waals surface area (Å²) in [5, 5.41) is 0. The van der Waals surface area contributed by atoms with Crippen molar-refractivity contribution in [3.05, 3.63) is 0 Å². The van der Waals surface area contributed by atoms with Crippen molar-refractivity contribution < 1.29 is 0 Å². The van der Waals surface area contributed by atoms with Gasteiger partial charge in [-0.25, -0.2) is 0 Å². The Morgan fingerprint density at radius 2 is 1.88 bits per heavy atom. The highest BCUT2D eigenvalue weighted by atomic mass is 14.6. The molecule has 50 valence electrons. The molecule has 1 nitrogen and oxygen atoms in total. The van der Waals surface area contributed by atoms with E-state index in [9.17, 15) is 0 Å². The van der Waals surface area contributed by atoms with Gasteiger partial charge in [-0.1, -0.05) is 27.2 Å². The van der Waals surface area contributed by atoms with Crippen molar-refractivity contribution >= 4 is 0 Å². The Labute approximate surface area is 52.3 Å². The van der Waals surface area contributed by atoms with Crippen LogP contribution in [0.15, 0.2) is 0 Å². The second-order valence-corrected chi connectivity index (χ2v) is 2.70. The van der Waals surface area contributed by atoms with E-state index in [1.807, 2.05) is 0 Å². The lowest BCUT2D eigenvalue weighted by atomic mass is 10.0. The summed E-state index contributed by atoms with van der Waals surface area (Å²) in [6.45, 7) is 6.50. The Kier molecular flexibility index (Phi) is 3.88. The van der Waals surface area contributed by atoms with E-state index in [2.05, 4.69) is 20.8 Å². The van der Waals surface area contributed by atoms with Crippen molar-refractivity contribution in [3.63, 3.8) is 0 Å². The molecule has 0 aromatic heterocycles. The molecule has 0 rings (SSSR count). The summed E-state index contributed by atoms with van der Waals surface area (Å²) < 4.78 is 0. The molecule has 0 radical (unpaired) electrons. The van der Waals surface area contributed by atoms with Crippen LogP contribution >= 0.6 is 0 Å². The van der Waals surface area contributed by atoms with Gasteiger partial charge in [0.1, 0.15) is 0 Å². The van der Waals surface area contributed by atoms with Crippen molar-refractivity contribution in [2.24, 2.45) is 11.7 Å². The van der Waals surface area contributed by atoms with E-state index >= 15 is 0 Å². The van der Waals surface area contributed by atoms with Crippen molar-refractivity contribution in [2.45, 2.75) is 39.7 Å². The zero-order valence-corrected chi connectivity index (χ0v) is 6.15. The summed E-state index contributed by atoms with van der Waals surface area (Å²) in [5.41, 5.74) is 5.73. The largest absolute Gasteiger partial charge is 0.327 e. The van der Waals surface area contributed by atoms with Crippen molar-refractivity contribution in [1.82, 2.24) is 0 Å². The Morgan fingerprint density at radius 3 is 2.00 bits per heavy atom. The second kappa shape index (κ2) is 3.90. The third-order valence-electron chi connectivity index (χ3n) is 1.48. The first-order valence-corrected chi connectivity index (χ1v) is 3.44. The van der Waals surface area contributed by atoms with Crippen LogP contribution in [0.5, 0.6) is 0 Å². The zero-order valence-electron chi connectivity index (χ0n) is 6.15. The molecule has 1 atom stereocenters. The van der Waals surface area contributed by atoms with Crippen LogP contribution in [0, 0.1) is 5.92 Å². The maximum atomic E-state index is 5.73. The molecule has 0 fully saturated rings. The van der Waals surface area contributed by atoms with E-state index in [-0.39, 0.29) is 0 Å². The number of rotatable bonds is 3. The summed E-state index contributed by atoms with van der Waals surface area (Å²) in [5.74, 6) is 0.648. The smallest absolute Gasteiger partial charge is 0.00617 e. The quantitative estimate of drug-likeness (QED) is 0.596. The van der Waals surface area contributed by atoms with Crippen LogP contribution in [-0.2, 0) is 0 Å². The molecule has 8 heavy (non-hydrogen) atoms. The maximum absolute atomic E-state index is 5.73. The molecule has 0 saturated carbocycles. The van der Waals surface area contributed by atoms with Gasteiger partial charge in [0.2, 0.25) is 0 Å². The van der Waals surface area contributed by atoms with E-state index in [4.69, 9.17) is 5.73 Å².